The number of benzene rings is 1. The molecule has 0 spiro atoms. The third-order valence-electron chi connectivity index (χ3n) is 3.66. The van der Waals surface area contributed by atoms with Crippen LogP contribution in [-0.2, 0) is 4.79 Å². The van der Waals surface area contributed by atoms with Gasteiger partial charge in [0.05, 0.1) is 6.61 Å². The molecular weight excluding hydrogens is 264 g/mol. The van der Waals surface area contributed by atoms with E-state index in [1.807, 2.05) is 37.3 Å². The summed E-state index contributed by atoms with van der Waals surface area (Å²) in [5, 5.41) is 6.27. The molecule has 4 heteroatoms. The standard InChI is InChI=1S/C17H24N2O2/c1-14(9-12-21-16-5-3-2-4-6-16)17(20)19-13-15-7-10-18-11-8-15/h2-7,14,18H,8-13H2,1H3,(H,19,20). The van der Waals surface area contributed by atoms with Crippen LogP contribution in [0, 0.1) is 5.92 Å². The maximum atomic E-state index is 12.0. The quantitative estimate of drug-likeness (QED) is 0.756. The number of carbonyl (C=O) groups is 1. The molecule has 1 aromatic rings. The predicted octanol–water partition coefficient (Wildman–Crippen LogP) is 2.13. The van der Waals surface area contributed by atoms with E-state index in [4.69, 9.17) is 4.74 Å². The van der Waals surface area contributed by atoms with Crippen molar-refractivity contribution in [3.63, 3.8) is 0 Å². The van der Waals surface area contributed by atoms with E-state index in [-0.39, 0.29) is 11.8 Å². The Bertz CT molecular complexity index is 471. The highest BCUT2D eigenvalue weighted by Crippen LogP contribution is 2.11. The summed E-state index contributed by atoms with van der Waals surface area (Å²) < 4.78 is 5.62. The summed E-state index contributed by atoms with van der Waals surface area (Å²) in [4.78, 5) is 12.0. The van der Waals surface area contributed by atoms with Crippen LogP contribution in [-0.4, -0.2) is 32.1 Å². The van der Waals surface area contributed by atoms with E-state index in [2.05, 4.69) is 16.7 Å². The predicted molar refractivity (Wildman–Crippen MR) is 84.3 cm³/mol. The molecule has 2 rings (SSSR count). The van der Waals surface area contributed by atoms with Gasteiger partial charge in [0.15, 0.2) is 0 Å². The summed E-state index contributed by atoms with van der Waals surface area (Å²) in [6, 6.07) is 9.69. The monoisotopic (exact) mass is 288 g/mol. The Morgan fingerprint density at radius 3 is 2.90 bits per heavy atom. The molecule has 21 heavy (non-hydrogen) atoms. The van der Waals surface area contributed by atoms with Crippen molar-refractivity contribution < 1.29 is 9.53 Å². The molecule has 0 aromatic heterocycles. The van der Waals surface area contributed by atoms with Gasteiger partial charge in [-0.05, 0) is 31.5 Å². The van der Waals surface area contributed by atoms with E-state index in [1.54, 1.807) is 0 Å². The minimum atomic E-state index is -0.0315. The average molecular weight is 288 g/mol. The Kier molecular flexibility index (Phi) is 6.28. The molecule has 4 nitrogen and oxygen atoms in total. The molecule has 2 N–H and O–H groups in total. The van der Waals surface area contributed by atoms with E-state index in [9.17, 15) is 4.79 Å². The number of nitrogens with one attached hydrogen (secondary N) is 2. The second kappa shape index (κ2) is 8.47. The number of rotatable bonds is 7. The second-order valence-corrected chi connectivity index (χ2v) is 5.39. The smallest absolute Gasteiger partial charge is 0.223 e. The molecule has 1 aliphatic rings. The van der Waals surface area contributed by atoms with Crippen molar-refractivity contribution in [1.29, 1.82) is 0 Å². The Morgan fingerprint density at radius 2 is 2.19 bits per heavy atom. The lowest BCUT2D eigenvalue weighted by atomic mass is 10.1. The number of amides is 1. The third kappa shape index (κ3) is 5.60. The van der Waals surface area contributed by atoms with E-state index < -0.39 is 0 Å². The lowest BCUT2D eigenvalue weighted by Crippen LogP contribution is -2.33. The van der Waals surface area contributed by atoms with Gasteiger partial charge in [-0.3, -0.25) is 4.79 Å². The molecule has 0 aliphatic carbocycles. The van der Waals surface area contributed by atoms with E-state index in [1.165, 1.54) is 5.57 Å². The third-order valence-corrected chi connectivity index (χ3v) is 3.66. The van der Waals surface area contributed by atoms with Gasteiger partial charge < -0.3 is 15.4 Å². The van der Waals surface area contributed by atoms with Crippen LogP contribution < -0.4 is 15.4 Å². The van der Waals surface area contributed by atoms with Crippen LogP contribution in [0.2, 0.25) is 0 Å². The van der Waals surface area contributed by atoms with Gasteiger partial charge in [0.1, 0.15) is 5.75 Å². The first-order valence-electron chi connectivity index (χ1n) is 7.60. The van der Waals surface area contributed by atoms with Crippen molar-refractivity contribution >= 4 is 5.91 Å². The highest BCUT2D eigenvalue weighted by molar-refractivity contribution is 5.78. The van der Waals surface area contributed by atoms with Crippen LogP contribution in [0.5, 0.6) is 5.75 Å². The van der Waals surface area contributed by atoms with Crippen molar-refractivity contribution in [1.82, 2.24) is 10.6 Å². The maximum absolute atomic E-state index is 12.0. The summed E-state index contributed by atoms with van der Waals surface area (Å²) in [5.41, 5.74) is 1.31. The molecule has 0 saturated heterocycles. The summed E-state index contributed by atoms with van der Waals surface area (Å²) in [5.74, 6) is 0.923. The van der Waals surface area contributed by atoms with E-state index >= 15 is 0 Å². The fraction of sp³-hybridized carbons (Fsp3) is 0.471. The molecule has 0 saturated carbocycles. The normalized spacial score (nSPS) is 16.0. The Labute approximate surface area is 126 Å². The van der Waals surface area contributed by atoms with Crippen molar-refractivity contribution in [3.05, 3.63) is 42.0 Å². The van der Waals surface area contributed by atoms with Gasteiger partial charge in [-0.25, -0.2) is 0 Å². The van der Waals surface area contributed by atoms with Gasteiger partial charge in [0.25, 0.3) is 0 Å². The molecule has 0 bridgehead atoms. The molecule has 1 heterocycles. The lowest BCUT2D eigenvalue weighted by Gasteiger charge is -2.17. The number of para-hydroxylation sites is 1. The van der Waals surface area contributed by atoms with Crippen LogP contribution >= 0.6 is 0 Å². The molecule has 1 atom stereocenters. The van der Waals surface area contributed by atoms with Crippen LogP contribution in [0.3, 0.4) is 0 Å². The molecule has 1 aliphatic heterocycles. The first-order valence-corrected chi connectivity index (χ1v) is 7.60. The Morgan fingerprint density at radius 1 is 1.38 bits per heavy atom. The summed E-state index contributed by atoms with van der Waals surface area (Å²) in [6.07, 6.45) is 3.90. The molecule has 1 aromatic carbocycles. The topological polar surface area (TPSA) is 50.4 Å². The number of ether oxygens (including phenoxy) is 1. The molecular formula is C17H24N2O2. The van der Waals surface area contributed by atoms with Crippen LogP contribution in [0.15, 0.2) is 42.0 Å². The Hall–Kier alpha value is -1.81. The number of carbonyl (C=O) groups excluding carboxylic acids is 1. The minimum Gasteiger partial charge on any atom is -0.494 e. The zero-order chi connectivity index (χ0) is 14.9. The summed E-state index contributed by atoms with van der Waals surface area (Å²) in [7, 11) is 0. The van der Waals surface area contributed by atoms with Crippen LogP contribution in [0.4, 0.5) is 0 Å². The summed E-state index contributed by atoms with van der Waals surface area (Å²) >= 11 is 0. The van der Waals surface area contributed by atoms with Gasteiger partial charge in [0, 0.05) is 19.0 Å². The zero-order valence-electron chi connectivity index (χ0n) is 12.6. The largest absolute Gasteiger partial charge is 0.494 e. The van der Waals surface area contributed by atoms with Crippen molar-refractivity contribution in [2.75, 3.05) is 26.2 Å². The highest BCUT2D eigenvalue weighted by Gasteiger charge is 2.13. The first-order chi connectivity index (χ1) is 10.3. The molecule has 1 amide bonds. The molecule has 1 unspecified atom stereocenters. The highest BCUT2D eigenvalue weighted by atomic mass is 16.5. The second-order valence-electron chi connectivity index (χ2n) is 5.39. The van der Waals surface area contributed by atoms with Gasteiger partial charge >= 0.3 is 0 Å². The lowest BCUT2D eigenvalue weighted by molar-refractivity contribution is -0.124. The zero-order valence-corrected chi connectivity index (χ0v) is 12.6. The van der Waals surface area contributed by atoms with E-state index in [0.29, 0.717) is 13.2 Å². The minimum absolute atomic E-state index is 0.0315. The number of hydrogen-bond donors (Lipinski definition) is 2. The summed E-state index contributed by atoms with van der Waals surface area (Å²) in [6.45, 7) is 5.09. The Balaban J connectivity index is 1.64. The maximum Gasteiger partial charge on any atom is 0.223 e. The SMILES string of the molecule is CC(CCOc1ccccc1)C(=O)NCC1=CCNCC1. The average Bonchev–Trinajstić information content (AvgIpc) is 2.54. The fourth-order valence-corrected chi connectivity index (χ4v) is 2.21. The molecule has 114 valence electrons. The van der Waals surface area contributed by atoms with Gasteiger partial charge in [-0.15, -0.1) is 0 Å². The van der Waals surface area contributed by atoms with Gasteiger partial charge in [-0.1, -0.05) is 36.8 Å². The van der Waals surface area contributed by atoms with Crippen LogP contribution in [0.1, 0.15) is 19.8 Å². The van der Waals surface area contributed by atoms with Crippen LogP contribution in [0.25, 0.3) is 0 Å². The van der Waals surface area contributed by atoms with Gasteiger partial charge in [-0.2, -0.15) is 0 Å². The van der Waals surface area contributed by atoms with E-state index in [0.717, 1.165) is 31.7 Å². The van der Waals surface area contributed by atoms with Crippen molar-refractivity contribution in [2.45, 2.75) is 19.8 Å². The first kappa shape index (κ1) is 15.6. The number of hydrogen-bond acceptors (Lipinski definition) is 3. The van der Waals surface area contributed by atoms with Gasteiger partial charge in [0.2, 0.25) is 5.91 Å². The van der Waals surface area contributed by atoms with Crippen molar-refractivity contribution in [2.24, 2.45) is 5.92 Å². The molecule has 0 fully saturated rings. The molecule has 0 radical (unpaired) electrons. The fourth-order valence-electron chi connectivity index (χ4n) is 2.21. The van der Waals surface area contributed by atoms with Crippen molar-refractivity contribution in [3.8, 4) is 5.75 Å².